The smallest absolute Gasteiger partial charge is 0.328 e. The maximum atomic E-state index is 11.2. The molecule has 26 heavy (non-hydrogen) atoms. The van der Waals surface area contributed by atoms with Gasteiger partial charge in [0.25, 0.3) is 5.69 Å². The van der Waals surface area contributed by atoms with Gasteiger partial charge < -0.3 is 14.6 Å². The van der Waals surface area contributed by atoms with Crippen LogP contribution in [0, 0.1) is 20.2 Å². The van der Waals surface area contributed by atoms with E-state index in [0.29, 0.717) is 5.56 Å². The molecule has 2 aromatic rings. The average Bonchev–Trinajstić information content (AvgIpc) is 2.60. The van der Waals surface area contributed by atoms with Gasteiger partial charge in [0.05, 0.1) is 23.0 Å². The SMILES string of the molecule is COc1cc(C=CC(=O)O)ccc1Oc1ccc([N+](=O)[O-])cc1[N+](=O)[O-]. The molecule has 0 saturated carbocycles. The highest BCUT2D eigenvalue weighted by atomic mass is 16.6. The number of non-ortho nitro benzene ring substituents is 1. The number of hydrogen-bond acceptors (Lipinski definition) is 7. The molecule has 0 atom stereocenters. The molecule has 0 aliphatic heterocycles. The summed E-state index contributed by atoms with van der Waals surface area (Å²) in [6, 6.07) is 7.44. The van der Waals surface area contributed by atoms with Crippen LogP contribution in [0.25, 0.3) is 6.08 Å². The number of carboxylic acids is 1. The van der Waals surface area contributed by atoms with Crippen molar-refractivity contribution in [2.24, 2.45) is 0 Å². The first-order valence-corrected chi connectivity index (χ1v) is 7.01. The maximum Gasteiger partial charge on any atom is 0.328 e. The Hall–Kier alpha value is -3.95. The number of methoxy groups -OCH3 is 1. The summed E-state index contributed by atoms with van der Waals surface area (Å²) in [7, 11) is 1.34. The van der Waals surface area contributed by atoms with Gasteiger partial charge in [-0.25, -0.2) is 4.79 Å². The van der Waals surface area contributed by atoms with E-state index in [-0.39, 0.29) is 17.2 Å². The van der Waals surface area contributed by atoms with Crippen LogP contribution in [0.5, 0.6) is 17.2 Å². The summed E-state index contributed by atoms with van der Waals surface area (Å²) >= 11 is 0. The van der Waals surface area contributed by atoms with Crippen LogP contribution in [0.15, 0.2) is 42.5 Å². The molecule has 1 N–H and O–H groups in total. The molecule has 10 heteroatoms. The lowest BCUT2D eigenvalue weighted by molar-refractivity contribution is -0.394. The minimum Gasteiger partial charge on any atom is -0.493 e. The summed E-state index contributed by atoms with van der Waals surface area (Å²) in [5, 5.41) is 30.6. The zero-order valence-electron chi connectivity index (χ0n) is 13.3. The molecule has 0 radical (unpaired) electrons. The molecule has 10 nitrogen and oxygen atoms in total. The van der Waals surface area contributed by atoms with E-state index in [4.69, 9.17) is 14.6 Å². The predicted octanol–water partition coefficient (Wildman–Crippen LogP) is 3.40. The van der Waals surface area contributed by atoms with Gasteiger partial charge in [-0.3, -0.25) is 20.2 Å². The first kappa shape index (κ1) is 18.4. The van der Waals surface area contributed by atoms with Crippen LogP contribution in [0.2, 0.25) is 0 Å². The first-order chi connectivity index (χ1) is 12.3. The second-order valence-electron chi connectivity index (χ2n) is 4.85. The van der Waals surface area contributed by atoms with E-state index in [1.54, 1.807) is 0 Å². The maximum absolute atomic E-state index is 11.2. The number of nitrogens with zero attached hydrogens (tertiary/aromatic N) is 2. The van der Waals surface area contributed by atoms with E-state index in [9.17, 15) is 25.0 Å². The highest BCUT2D eigenvalue weighted by Gasteiger charge is 2.22. The fourth-order valence-electron chi connectivity index (χ4n) is 2.01. The number of aliphatic carboxylic acids is 1. The number of carboxylic acid groups (broad SMARTS) is 1. The quantitative estimate of drug-likeness (QED) is 0.449. The summed E-state index contributed by atoms with van der Waals surface area (Å²) in [6.07, 6.45) is 2.28. The van der Waals surface area contributed by atoms with Crippen LogP contribution >= 0.6 is 0 Å². The second kappa shape index (κ2) is 7.75. The molecular weight excluding hydrogens is 348 g/mol. The molecule has 0 saturated heterocycles. The van der Waals surface area contributed by atoms with Gasteiger partial charge in [0.15, 0.2) is 11.5 Å². The van der Waals surface area contributed by atoms with Crippen molar-refractivity contribution >= 4 is 23.4 Å². The summed E-state index contributed by atoms with van der Waals surface area (Å²) in [5.74, 6) is -0.999. The molecule has 0 heterocycles. The van der Waals surface area contributed by atoms with Gasteiger partial charge in [-0.2, -0.15) is 0 Å². The topological polar surface area (TPSA) is 142 Å². The Labute approximate surface area is 146 Å². The molecule has 0 fully saturated rings. The Kier molecular flexibility index (Phi) is 5.48. The molecule has 0 aliphatic carbocycles. The monoisotopic (exact) mass is 360 g/mol. The van der Waals surface area contributed by atoms with Crippen LogP contribution in [0.1, 0.15) is 5.56 Å². The van der Waals surface area contributed by atoms with E-state index in [0.717, 1.165) is 24.3 Å². The van der Waals surface area contributed by atoms with Gasteiger partial charge in [-0.1, -0.05) is 6.07 Å². The second-order valence-corrected chi connectivity index (χ2v) is 4.85. The lowest BCUT2D eigenvalue weighted by Gasteiger charge is -2.11. The third kappa shape index (κ3) is 4.32. The molecule has 0 spiro atoms. The summed E-state index contributed by atoms with van der Waals surface area (Å²) in [4.78, 5) is 30.9. The molecule has 0 aromatic heterocycles. The van der Waals surface area contributed by atoms with Crippen LogP contribution in [-0.4, -0.2) is 28.0 Å². The number of nitro benzene ring substituents is 2. The minimum atomic E-state index is -1.12. The van der Waals surface area contributed by atoms with Crippen molar-refractivity contribution in [1.82, 2.24) is 0 Å². The molecule has 0 bridgehead atoms. The van der Waals surface area contributed by atoms with Crippen molar-refractivity contribution in [3.63, 3.8) is 0 Å². The van der Waals surface area contributed by atoms with Gasteiger partial charge in [-0.15, -0.1) is 0 Å². The molecule has 134 valence electrons. The number of benzene rings is 2. The standard InChI is InChI=1S/C16H12N2O8/c1-25-15-8-10(3-7-16(19)20)2-5-14(15)26-13-6-4-11(17(21)22)9-12(13)18(23)24/h2-9H,1H3,(H,19,20). The van der Waals surface area contributed by atoms with Crippen molar-refractivity contribution < 1.29 is 29.2 Å². The fourth-order valence-corrected chi connectivity index (χ4v) is 2.01. The molecule has 0 unspecified atom stereocenters. The first-order valence-electron chi connectivity index (χ1n) is 7.01. The van der Waals surface area contributed by atoms with E-state index >= 15 is 0 Å². The summed E-state index contributed by atoms with van der Waals surface area (Å²) < 4.78 is 10.6. The zero-order valence-corrected chi connectivity index (χ0v) is 13.3. The molecule has 2 aromatic carbocycles. The van der Waals surface area contributed by atoms with E-state index in [1.807, 2.05) is 0 Å². The van der Waals surface area contributed by atoms with Crippen molar-refractivity contribution in [1.29, 1.82) is 0 Å². The Morgan fingerprint density at radius 1 is 1.04 bits per heavy atom. The third-order valence-electron chi connectivity index (χ3n) is 3.18. The molecule has 2 rings (SSSR count). The highest BCUT2D eigenvalue weighted by Crippen LogP contribution is 2.38. The van der Waals surface area contributed by atoms with Gasteiger partial charge in [-0.05, 0) is 29.8 Å². The predicted molar refractivity (Wildman–Crippen MR) is 89.5 cm³/mol. The zero-order chi connectivity index (χ0) is 19.3. The van der Waals surface area contributed by atoms with Crippen LogP contribution in [0.4, 0.5) is 11.4 Å². The van der Waals surface area contributed by atoms with Gasteiger partial charge in [0.1, 0.15) is 0 Å². The normalized spacial score (nSPS) is 10.5. The molecule has 0 aliphatic rings. The minimum absolute atomic E-state index is 0.122. The number of nitro groups is 2. The number of carbonyl (C=O) groups is 1. The Morgan fingerprint density at radius 2 is 1.73 bits per heavy atom. The summed E-state index contributed by atoms with van der Waals surface area (Å²) in [5.41, 5.74) is -0.504. The molecular formula is C16H12N2O8. The lowest BCUT2D eigenvalue weighted by Crippen LogP contribution is -1.97. The van der Waals surface area contributed by atoms with Crippen LogP contribution in [0.3, 0.4) is 0 Å². The Balaban J connectivity index is 2.40. The van der Waals surface area contributed by atoms with Crippen molar-refractivity contribution in [3.8, 4) is 17.2 Å². The van der Waals surface area contributed by atoms with Crippen molar-refractivity contribution in [2.45, 2.75) is 0 Å². The number of ether oxygens (including phenoxy) is 2. The van der Waals surface area contributed by atoms with E-state index in [1.165, 1.54) is 31.4 Å². The van der Waals surface area contributed by atoms with Crippen LogP contribution in [-0.2, 0) is 4.79 Å². The fraction of sp³-hybridized carbons (Fsp3) is 0.0625. The van der Waals surface area contributed by atoms with Crippen molar-refractivity contribution in [2.75, 3.05) is 7.11 Å². The Bertz CT molecular complexity index is 907. The Morgan fingerprint density at radius 3 is 2.31 bits per heavy atom. The van der Waals surface area contributed by atoms with Crippen LogP contribution < -0.4 is 9.47 Å². The van der Waals surface area contributed by atoms with Crippen molar-refractivity contribution in [3.05, 3.63) is 68.3 Å². The number of hydrogen-bond donors (Lipinski definition) is 1. The van der Waals surface area contributed by atoms with Gasteiger partial charge >= 0.3 is 11.7 Å². The third-order valence-corrected chi connectivity index (χ3v) is 3.18. The average molecular weight is 360 g/mol. The summed E-state index contributed by atoms with van der Waals surface area (Å²) in [6.45, 7) is 0. The molecule has 0 amide bonds. The van der Waals surface area contributed by atoms with Gasteiger partial charge in [0.2, 0.25) is 5.75 Å². The van der Waals surface area contributed by atoms with E-state index < -0.39 is 27.2 Å². The van der Waals surface area contributed by atoms with Gasteiger partial charge in [0, 0.05) is 12.1 Å². The van der Waals surface area contributed by atoms with E-state index in [2.05, 4.69) is 0 Å². The highest BCUT2D eigenvalue weighted by molar-refractivity contribution is 5.85. The largest absolute Gasteiger partial charge is 0.493 e. The number of rotatable bonds is 7. The lowest BCUT2D eigenvalue weighted by atomic mass is 10.2.